The first-order chi connectivity index (χ1) is 12.3. The molecule has 0 radical (unpaired) electrons. The fourth-order valence-corrected chi connectivity index (χ4v) is 2.93. The molecule has 6 heteroatoms. The maximum Gasteiger partial charge on any atom is 0.241 e. The van der Waals surface area contributed by atoms with Crippen LogP contribution in [0.25, 0.3) is 0 Å². The highest BCUT2D eigenvalue weighted by Gasteiger charge is 2.19. The molecule has 26 heavy (non-hydrogen) atoms. The van der Waals surface area contributed by atoms with Gasteiger partial charge in [-0.25, -0.2) is 4.39 Å². The molecule has 1 unspecified atom stereocenters. The van der Waals surface area contributed by atoms with Crippen LogP contribution in [0.3, 0.4) is 0 Å². The van der Waals surface area contributed by atoms with Crippen LogP contribution in [-0.2, 0) is 4.79 Å². The number of benzene rings is 2. The Kier molecular flexibility index (Phi) is 7.00. The third-order valence-corrected chi connectivity index (χ3v) is 4.53. The summed E-state index contributed by atoms with van der Waals surface area (Å²) in [6.45, 7) is 6.55. The van der Waals surface area contributed by atoms with Crippen molar-refractivity contribution in [2.75, 3.05) is 25.5 Å². The van der Waals surface area contributed by atoms with Crippen molar-refractivity contribution in [2.24, 2.45) is 0 Å². The van der Waals surface area contributed by atoms with Gasteiger partial charge in [0.05, 0.1) is 16.8 Å². The maximum atomic E-state index is 13.1. The Labute approximate surface area is 158 Å². The van der Waals surface area contributed by atoms with Crippen molar-refractivity contribution in [1.29, 1.82) is 0 Å². The molecule has 0 aliphatic carbocycles. The molecule has 140 valence electrons. The first-order valence-corrected chi connectivity index (χ1v) is 8.82. The van der Waals surface area contributed by atoms with Gasteiger partial charge in [-0.15, -0.1) is 0 Å². The Morgan fingerprint density at radius 3 is 2.69 bits per heavy atom. The number of likely N-dealkylation sites (N-methyl/N-ethyl adjacent to an activating group) is 1. The second-order valence-corrected chi connectivity index (χ2v) is 6.80. The monoisotopic (exact) mass is 378 g/mol. The third kappa shape index (κ3) is 5.44. The molecule has 2 aromatic carbocycles. The smallest absolute Gasteiger partial charge is 0.241 e. The van der Waals surface area contributed by atoms with Gasteiger partial charge in [0.2, 0.25) is 5.91 Å². The van der Waals surface area contributed by atoms with Gasteiger partial charge >= 0.3 is 0 Å². The molecule has 2 rings (SSSR count). The number of aryl methyl sites for hydroxylation is 2. The predicted octanol–water partition coefficient (Wildman–Crippen LogP) is 4.43. The van der Waals surface area contributed by atoms with E-state index in [0.717, 1.165) is 11.1 Å². The molecule has 2 aromatic rings. The van der Waals surface area contributed by atoms with Gasteiger partial charge in [-0.3, -0.25) is 9.69 Å². The third-order valence-electron chi connectivity index (χ3n) is 4.23. The first-order valence-electron chi connectivity index (χ1n) is 8.44. The van der Waals surface area contributed by atoms with Gasteiger partial charge in [-0.05, 0) is 57.1 Å². The maximum absolute atomic E-state index is 13.1. The van der Waals surface area contributed by atoms with Gasteiger partial charge < -0.3 is 10.1 Å². The minimum atomic E-state index is -0.372. The van der Waals surface area contributed by atoms with E-state index < -0.39 is 0 Å². The molecule has 0 saturated carbocycles. The number of carbonyl (C=O) groups excluding carboxylic acids is 1. The van der Waals surface area contributed by atoms with Gasteiger partial charge in [0.1, 0.15) is 18.2 Å². The minimum absolute atomic E-state index is 0.146. The van der Waals surface area contributed by atoms with Crippen molar-refractivity contribution < 1.29 is 13.9 Å². The molecular weight excluding hydrogens is 355 g/mol. The molecule has 0 aliphatic rings. The second-order valence-electron chi connectivity index (χ2n) is 6.39. The molecule has 1 amide bonds. The van der Waals surface area contributed by atoms with E-state index in [1.807, 2.05) is 44.9 Å². The molecule has 0 fully saturated rings. The number of carbonyl (C=O) groups is 1. The molecule has 4 nitrogen and oxygen atoms in total. The molecule has 0 spiro atoms. The van der Waals surface area contributed by atoms with Crippen LogP contribution in [0.4, 0.5) is 10.1 Å². The summed E-state index contributed by atoms with van der Waals surface area (Å²) in [5.74, 6) is -0.0152. The Balaban J connectivity index is 1.89. The van der Waals surface area contributed by atoms with Crippen LogP contribution >= 0.6 is 11.6 Å². The summed E-state index contributed by atoms with van der Waals surface area (Å²) in [5.41, 5.74) is 2.61. The number of rotatable bonds is 7. The van der Waals surface area contributed by atoms with Gasteiger partial charge in [0.25, 0.3) is 0 Å². The molecule has 1 N–H and O–H groups in total. The standard InChI is InChI=1S/C20H24ClFN2O2/c1-13-10-14(2)19(18(21)11-13)23-20(25)15(3)24(4)8-9-26-17-7-5-6-16(22)12-17/h5-7,10-12,15H,8-9H2,1-4H3,(H,23,25). The van der Waals surface area contributed by atoms with Gasteiger partial charge in [-0.1, -0.05) is 23.7 Å². The highest BCUT2D eigenvalue weighted by molar-refractivity contribution is 6.34. The quantitative estimate of drug-likeness (QED) is 0.774. The second kappa shape index (κ2) is 9.01. The number of halogens is 2. The van der Waals surface area contributed by atoms with E-state index in [0.29, 0.717) is 29.6 Å². The molecule has 1 atom stereocenters. The Hall–Kier alpha value is -2.11. The summed E-state index contributed by atoms with van der Waals surface area (Å²) < 4.78 is 18.7. The van der Waals surface area contributed by atoms with Crippen molar-refractivity contribution in [3.8, 4) is 5.75 Å². The highest BCUT2D eigenvalue weighted by atomic mass is 35.5. The zero-order valence-electron chi connectivity index (χ0n) is 15.5. The predicted molar refractivity (Wildman–Crippen MR) is 104 cm³/mol. The van der Waals surface area contributed by atoms with Gasteiger partial charge in [0, 0.05) is 12.6 Å². The fourth-order valence-electron chi connectivity index (χ4n) is 2.56. The SMILES string of the molecule is Cc1cc(C)c(NC(=O)C(C)N(C)CCOc2cccc(F)c2)c(Cl)c1. The lowest BCUT2D eigenvalue weighted by atomic mass is 10.1. The van der Waals surface area contributed by atoms with Crippen molar-refractivity contribution in [2.45, 2.75) is 26.8 Å². The number of hydrogen-bond donors (Lipinski definition) is 1. The molecule has 0 aliphatic heterocycles. The minimum Gasteiger partial charge on any atom is -0.492 e. The van der Waals surface area contributed by atoms with E-state index in [4.69, 9.17) is 16.3 Å². The van der Waals surface area contributed by atoms with Gasteiger partial charge in [0.15, 0.2) is 0 Å². The van der Waals surface area contributed by atoms with Crippen molar-refractivity contribution >= 4 is 23.2 Å². The van der Waals surface area contributed by atoms with Crippen LogP contribution in [0.5, 0.6) is 5.75 Å². The molecule has 0 heterocycles. The number of hydrogen-bond acceptors (Lipinski definition) is 3. The number of ether oxygens (including phenoxy) is 1. The average molecular weight is 379 g/mol. The largest absolute Gasteiger partial charge is 0.492 e. The van der Waals surface area contributed by atoms with E-state index in [9.17, 15) is 9.18 Å². The lowest BCUT2D eigenvalue weighted by Gasteiger charge is -2.24. The van der Waals surface area contributed by atoms with Crippen LogP contribution in [0, 0.1) is 19.7 Å². The van der Waals surface area contributed by atoms with E-state index in [1.54, 1.807) is 12.1 Å². The number of anilines is 1. The normalized spacial score (nSPS) is 12.1. The van der Waals surface area contributed by atoms with Crippen molar-refractivity contribution in [3.05, 3.63) is 58.4 Å². The van der Waals surface area contributed by atoms with Crippen LogP contribution < -0.4 is 10.1 Å². The zero-order valence-corrected chi connectivity index (χ0v) is 16.2. The average Bonchev–Trinajstić information content (AvgIpc) is 2.57. The summed E-state index contributed by atoms with van der Waals surface area (Å²) in [4.78, 5) is 14.4. The first kappa shape index (κ1) is 20.2. The lowest BCUT2D eigenvalue weighted by Crippen LogP contribution is -2.41. The summed E-state index contributed by atoms with van der Waals surface area (Å²) in [6, 6.07) is 9.41. The van der Waals surface area contributed by atoms with E-state index in [-0.39, 0.29) is 17.8 Å². The van der Waals surface area contributed by atoms with Crippen LogP contribution in [0.1, 0.15) is 18.1 Å². The number of nitrogens with one attached hydrogen (secondary N) is 1. The van der Waals surface area contributed by atoms with Crippen LogP contribution in [-0.4, -0.2) is 37.0 Å². The van der Waals surface area contributed by atoms with Gasteiger partial charge in [-0.2, -0.15) is 0 Å². The number of amides is 1. The lowest BCUT2D eigenvalue weighted by molar-refractivity contribution is -0.120. The summed E-state index contributed by atoms with van der Waals surface area (Å²) in [6.07, 6.45) is 0. The summed E-state index contributed by atoms with van der Waals surface area (Å²) in [7, 11) is 1.84. The van der Waals surface area contributed by atoms with E-state index >= 15 is 0 Å². The fraction of sp³-hybridized carbons (Fsp3) is 0.350. The Morgan fingerprint density at radius 1 is 1.31 bits per heavy atom. The summed E-state index contributed by atoms with van der Waals surface area (Å²) in [5, 5.41) is 3.43. The number of nitrogens with zero attached hydrogens (tertiary/aromatic N) is 1. The van der Waals surface area contributed by atoms with Crippen LogP contribution in [0.2, 0.25) is 5.02 Å². The molecule has 0 saturated heterocycles. The summed E-state index contributed by atoms with van der Waals surface area (Å²) >= 11 is 6.25. The Bertz CT molecular complexity index is 759. The highest BCUT2D eigenvalue weighted by Crippen LogP contribution is 2.27. The topological polar surface area (TPSA) is 41.6 Å². The van der Waals surface area contributed by atoms with E-state index in [2.05, 4.69) is 5.32 Å². The molecule has 0 bridgehead atoms. The Morgan fingerprint density at radius 2 is 2.04 bits per heavy atom. The van der Waals surface area contributed by atoms with Crippen molar-refractivity contribution in [3.63, 3.8) is 0 Å². The zero-order chi connectivity index (χ0) is 19.3. The van der Waals surface area contributed by atoms with Crippen LogP contribution in [0.15, 0.2) is 36.4 Å². The molecular formula is C20H24ClFN2O2. The van der Waals surface area contributed by atoms with Crippen molar-refractivity contribution in [1.82, 2.24) is 4.90 Å². The molecule has 0 aromatic heterocycles. The van der Waals surface area contributed by atoms with E-state index in [1.165, 1.54) is 12.1 Å².